The number of hydrogen-bond acceptors (Lipinski definition) is 3. The van der Waals surface area contributed by atoms with Gasteiger partial charge in [0.15, 0.2) is 0 Å². The van der Waals surface area contributed by atoms with Crippen LogP contribution in [0.15, 0.2) is 28.7 Å². The van der Waals surface area contributed by atoms with Crippen LogP contribution in [0.25, 0.3) is 0 Å². The van der Waals surface area contributed by atoms with Gasteiger partial charge in [0.2, 0.25) is 0 Å². The van der Waals surface area contributed by atoms with Gasteiger partial charge >= 0.3 is 0 Å². The topological polar surface area (TPSA) is 43.8 Å². The lowest BCUT2D eigenvalue weighted by Gasteiger charge is -2.26. The fourth-order valence-corrected chi connectivity index (χ4v) is 2.76. The van der Waals surface area contributed by atoms with Crippen molar-refractivity contribution in [1.29, 1.82) is 0 Å². The molecule has 1 aromatic carbocycles. The Morgan fingerprint density at radius 3 is 2.63 bits per heavy atom. The quantitative estimate of drug-likeness (QED) is 0.917. The highest BCUT2D eigenvalue weighted by Crippen LogP contribution is 2.22. The normalized spacial score (nSPS) is 23.1. The molecule has 1 fully saturated rings. The smallest absolute Gasteiger partial charge is 0.254 e. The number of aliphatic hydroxyl groups is 1. The number of nitrogens with zero attached hydrogens (tertiary/aromatic N) is 2. The molecule has 104 valence electrons. The first kappa shape index (κ1) is 14.5. The summed E-state index contributed by atoms with van der Waals surface area (Å²) in [7, 11) is 3.96. The third-order valence-corrected chi connectivity index (χ3v) is 3.85. The molecule has 0 aromatic heterocycles. The number of benzene rings is 1. The van der Waals surface area contributed by atoms with E-state index in [0.29, 0.717) is 18.5 Å². The lowest BCUT2D eigenvalue weighted by atomic mass is 10.1. The highest BCUT2D eigenvalue weighted by Gasteiger charge is 2.34. The number of amides is 1. The van der Waals surface area contributed by atoms with Crippen molar-refractivity contribution in [2.24, 2.45) is 0 Å². The molecular formula is C14H19BrN2O2. The Balaban J connectivity index is 2.14. The molecule has 0 radical (unpaired) electrons. The van der Waals surface area contributed by atoms with Gasteiger partial charge in [0.05, 0.1) is 6.10 Å². The van der Waals surface area contributed by atoms with E-state index in [4.69, 9.17) is 0 Å². The maximum absolute atomic E-state index is 12.5. The second kappa shape index (κ2) is 6.03. The van der Waals surface area contributed by atoms with Crippen LogP contribution in [0.3, 0.4) is 0 Å². The monoisotopic (exact) mass is 326 g/mol. The number of rotatable bonds is 3. The second-order valence-corrected chi connectivity index (χ2v) is 6.19. The molecule has 0 spiro atoms. The van der Waals surface area contributed by atoms with Crippen molar-refractivity contribution < 1.29 is 9.90 Å². The molecule has 1 heterocycles. The summed E-state index contributed by atoms with van der Waals surface area (Å²) >= 11 is 3.36. The third-order valence-electron chi connectivity index (χ3n) is 3.32. The van der Waals surface area contributed by atoms with Gasteiger partial charge in [0.25, 0.3) is 5.91 Å². The van der Waals surface area contributed by atoms with Gasteiger partial charge in [-0.25, -0.2) is 0 Å². The number of carbonyl (C=O) groups excluding carboxylic acids is 1. The van der Waals surface area contributed by atoms with E-state index in [-0.39, 0.29) is 11.9 Å². The van der Waals surface area contributed by atoms with E-state index in [2.05, 4.69) is 15.9 Å². The molecule has 2 rings (SSSR count). The second-order valence-electron chi connectivity index (χ2n) is 5.27. The largest absolute Gasteiger partial charge is 0.391 e. The predicted molar refractivity (Wildman–Crippen MR) is 78.1 cm³/mol. The molecule has 1 aliphatic heterocycles. The van der Waals surface area contributed by atoms with E-state index in [9.17, 15) is 9.90 Å². The van der Waals surface area contributed by atoms with E-state index in [0.717, 1.165) is 11.0 Å². The number of halogens is 1. The van der Waals surface area contributed by atoms with Crippen LogP contribution in [-0.2, 0) is 0 Å². The molecule has 19 heavy (non-hydrogen) atoms. The van der Waals surface area contributed by atoms with Crippen LogP contribution >= 0.6 is 15.9 Å². The van der Waals surface area contributed by atoms with Crippen molar-refractivity contribution in [2.45, 2.75) is 18.6 Å². The maximum atomic E-state index is 12.5. The van der Waals surface area contributed by atoms with Crippen molar-refractivity contribution in [3.8, 4) is 0 Å². The highest BCUT2D eigenvalue weighted by atomic mass is 79.9. The van der Waals surface area contributed by atoms with Gasteiger partial charge in [-0.3, -0.25) is 4.79 Å². The summed E-state index contributed by atoms with van der Waals surface area (Å²) in [5.41, 5.74) is 0.668. The Morgan fingerprint density at radius 1 is 1.42 bits per heavy atom. The van der Waals surface area contributed by atoms with Crippen LogP contribution in [-0.4, -0.2) is 60.1 Å². The van der Waals surface area contributed by atoms with Crippen LogP contribution < -0.4 is 0 Å². The van der Waals surface area contributed by atoms with Gasteiger partial charge in [-0.05, 0) is 44.8 Å². The number of aliphatic hydroxyl groups excluding tert-OH is 1. The van der Waals surface area contributed by atoms with Crippen molar-refractivity contribution in [2.75, 3.05) is 27.2 Å². The Hall–Kier alpha value is -0.910. The SMILES string of the molecule is CN(C)CC1CC(O)CN1C(=O)c1ccc(Br)cc1. The van der Waals surface area contributed by atoms with Crippen molar-refractivity contribution in [3.05, 3.63) is 34.3 Å². The van der Waals surface area contributed by atoms with E-state index >= 15 is 0 Å². The number of carbonyl (C=O) groups is 1. The molecule has 1 aromatic rings. The zero-order valence-electron chi connectivity index (χ0n) is 11.2. The molecular weight excluding hydrogens is 308 g/mol. The van der Waals surface area contributed by atoms with Gasteiger partial charge in [-0.2, -0.15) is 0 Å². The molecule has 1 saturated heterocycles. The molecule has 0 bridgehead atoms. The van der Waals surface area contributed by atoms with Crippen molar-refractivity contribution in [3.63, 3.8) is 0 Å². The van der Waals surface area contributed by atoms with Gasteiger partial charge in [0.1, 0.15) is 0 Å². The van der Waals surface area contributed by atoms with E-state index in [1.165, 1.54) is 0 Å². The molecule has 1 aliphatic rings. The minimum Gasteiger partial charge on any atom is -0.391 e. The van der Waals surface area contributed by atoms with Gasteiger partial charge in [-0.1, -0.05) is 15.9 Å². The number of hydrogen-bond donors (Lipinski definition) is 1. The minimum atomic E-state index is -0.413. The first-order chi connectivity index (χ1) is 8.97. The Morgan fingerprint density at radius 2 is 2.05 bits per heavy atom. The lowest BCUT2D eigenvalue weighted by Crippen LogP contribution is -2.41. The summed E-state index contributed by atoms with van der Waals surface area (Å²) in [5.74, 6) is -0.00380. The Kier molecular flexibility index (Phi) is 4.60. The first-order valence-electron chi connectivity index (χ1n) is 6.36. The number of β-amino-alcohol motifs (C(OH)–C–C–N with tert-alkyl or cyclic N) is 1. The van der Waals surface area contributed by atoms with Crippen LogP contribution in [0.1, 0.15) is 16.8 Å². The van der Waals surface area contributed by atoms with Crippen molar-refractivity contribution in [1.82, 2.24) is 9.80 Å². The van der Waals surface area contributed by atoms with E-state index in [1.54, 1.807) is 4.90 Å². The zero-order chi connectivity index (χ0) is 14.0. The summed E-state index contributed by atoms with van der Waals surface area (Å²) in [6.45, 7) is 1.20. The van der Waals surface area contributed by atoms with Gasteiger partial charge in [0, 0.05) is 29.2 Å². The average Bonchev–Trinajstić information content (AvgIpc) is 2.69. The maximum Gasteiger partial charge on any atom is 0.254 e. The van der Waals surface area contributed by atoms with Crippen LogP contribution in [0.4, 0.5) is 0 Å². The first-order valence-corrected chi connectivity index (χ1v) is 7.16. The zero-order valence-corrected chi connectivity index (χ0v) is 12.8. The highest BCUT2D eigenvalue weighted by molar-refractivity contribution is 9.10. The van der Waals surface area contributed by atoms with Gasteiger partial charge in [-0.15, -0.1) is 0 Å². The average molecular weight is 327 g/mol. The molecule has 4 nitrogen and oxygen atoms in total. The molecule has 2 atom stereocenters. The molecule has 5 heteroatoms. The Bertz CT molecular complexity index is 447. The summed E-state index contributed by atoms with van der Waals surface area (Å²) in [6.07, 6.45) is 0.241. The third kappa shape index (κ3) is 3.55. The molecule has 0 saturated carbocycles. The minimum absolute atomic E-state index is 0.00380. The van der Waals surface area contributed by atoms with Crippen LogP contribution in [0.2, 0.25) is 0 Å². The van der Waals surface area contributed by atoms with Crippen LogP contribution in [0.5, 0.6) is 0 Å². The van der Waals surface area contributed by atoms with Crippen LogP contribution in [0, 0.1) is 0 Å². The molecule has 1 amide bonds. The molecule has 2 unspecified atom stereocenters. The number of likely N-dealkylation sites (tertiary alicyclic amines) is 1. The standard InChI is InChI=1S/C14H19BrN2O2/c1-16(2)8-12-7-13(18)9-17(12)14(19)10-3-5-11(15)6-4-10/h3-6,12-13,18H,7-9H2,1-2H3. The molecule has 0 aliphatic carbocycles. The summed E-state index contributed by atoms with van der Waals surface area (Å²) in [6, 6.07) is 7.43. The predicted octanol–water partition coefficient (Wildman–Crippen LogP) is 1.59. The fraction of sp³-hybridized carbons (Fsp3) is 0.500. The van der Waals surface area contributed by atoms with E-state index in [1.807, 2.05) is 43.3 Å². The summed E-state index contributed by atoms with van der Waals surface area (Å²) in [4.78, 5) is 16.3. The van der Waals surface area contributed by atoms with Crippen molar-refractivity contribution >= 4 is 21.8 Å². The Labute approximate surface area is 122 Å². The van der Waals surface area contributed by atoms with E-state index < -0.39 is 6.10 Å². The summed E-state index contributed by atoms with van der Waals surface area (Å²) < 4.78 is 0.954. The molecule has 1 N–H and O–H groups in total. The number of likely N-dealkylation sites (N-methyl/N-ethyl adjacent to an activating group) is 1. The fourth-order valence-electron chi connectivity index (χ4n) is 2.49. The van der Waals surface area contributed by atoms with Gasteiger partial charge < -0.3 is 14.9 Å². The lowest BCUT2D eigenvalue weighted by molar-refractivity contribution is 0.0699. The summed E-state index contributed by atoms with van der Waals surface area (Å²) in [5, 5.41) is 9.80.